The summed E-state index contributed by atoms with van der Waals surface area (Å²) in [6, 6.07) is 10.3. The van der Waals surface area contributed by atoms with E-state index < -0.39 is 28.5 Å². The first-order valence-corrected chi connectivity index (χ1v) is 12.7. The molecule has 0 aliphatic rings. The molecule has 0 spiro atoms. The summed E-state index contributed by atoms with van der Waals surface area (Å²) >= 11 is 18.1. The number of benzene rings is 2. The first-order valence-electron chi connectivity index (χ1n) is 9.67. The summed E-state index contributed by atoms with van der Waals surface area (Å²) in [4.78, 5) is 27.1. The van der Waals surface area contributed by atoms with Crippen LogP contribution < -0.4 is 9.62 Å². The highest BCUT2D eigenvalue weighted by Gasteiger charge is 2.30. The minimum Gasteiger partial charge on any atom is -0.355 e. The van der Waals surface area contributed by atoms with Crippen molar-refractivity contribution in [2.75, 3.05) is 23.7 Å². The maximum atomic E-state index is 13.3. The number of anilines is 1. The Balaban J connectivity index is 2.42. The van der Waals surface area contributed by atoms with E-state index in [1.165, 1.54) is 23.1 Å². The predicted molar refractivity (Wildman–Crippen MR) is 129 cm³/mol. The Labute approximate surface area is 203 Å². The smallest absolute Gasteiger partial charge is 0.244 e. The number of hydrogen-bond donors (Lipinski definition) is 1. The Morgan fingerprint density at radius 2 is 1.66 bits per heavy atom. The number of nitrogens with zero attached hydrogens (tertiary/aromatic N) is 2. The van der Waals surface area contributed by atoms with E-state index in [1.807, 2.05) is 0 Å². The molecule has 11 heteroatoms. The molecule has 0 unspecified atom stereocenters. The molecule has 0 aliphatic carbocycles. The quantitative estimate of drug-likeness (QED) is 0.542. The van der Waals surface area contributed by atoms with Gasteiger partial charge in [0.15, 0.2) is 0 Å². The number of carbonyl (C=O) groups is 2. The summed E-state index contributed by atoms with van der Waals surface area (Å²) in [5.74, 6) is -0.940. The summed E-state index contributed by atoms with van der Waals surface area (Å²) in [6.45, 7) is 3.25. The van der Waals surface area contributed by atoms with Crippen LogP contribution in [0.15, 0.2) is 42.5 Å². The van der Waals surface area contributed by atoms with Gasteiger partial charge in [-0.2, -0.15) is 0 Å². The molecule has 0 aliphatic heterocycles. The van der Waals surface area contributed by atoms with Gasteiger partial charge >= 0.3 is 0 Å². The van der Waals surface area contributed by atoms with E-state index in [1.54, 1.807) is 38.1 Å². The molecule has 1 atom stereocenters. The zero-order valence-electron chi connectivity index (χ0n) is 17.8. The molecule has 0 saturated heterocycles. The second-order valence-corrected chi connectivity index (χ2v) is 10.3. The molecule has 0 aromatic heterocycles. The van der Waals surface area contributed by atoms with E-state index in [9.17, 15) is 18.0 Å². The summed E-state index contributed by atoms with van der Waals surface area (Å²) in [5, 5.41) is 3.61. The van der Waals surface area contributed by atoms with Crippen molar-refractivity contribution in [2.24, 2.45) is 0 Å². The SMILES string of the molecule is CCNC(=O)[C@@H](C)N(Cc1cccc(Cl)c1)C(=O)CN(c1cc(Cl)cc(Cl)c1)S(C)(=O)=O. The van der Waals surface area contributed by atoms with E-state index >= 15 is 0 Å². The average Bonchev–Trinajstić information content (AvgIpc) is 2.68. The van der Waals surface area contributed by atoms with Gasteiger partial charge in [0.1, 0.15) is 12.6 Å². The molecule has 1 N–H and O–H groups in total. The van der Waals surface area contributed by atoms with Crippen molar-refractivity contribution in [3.05, 3.63) is 63.1 Å². The van der Waals surface area contributed by atoms with Crippen LogP contribution in [0.2, 0.25) is 15.1 Å². The third-order valence-electron chi connectivity index (χ3n) is 4.57. The van der Waals surface area contributed by atoms with Crippen LogP contribution in [-0.4, -0.2) is 50.5 Å². The molecule has 2 aromatic carbocycles. The normalized spacial score (nSPS) is 12.2. The number of likely N-dealkylation sites (N-methyl/N-ethyl adjacent to an activating group) is 1. The Kier molecular flexibility index (Phi) is 9.21. The van der Waals surface area contributed by atoms with Crippen LogP contribution in [0.5, 0.6) is 0 Å². The fourth-order valence-corrected chi connectivity index (χ4v) is 4.59. The molecule has 2 amide bonds. The van der Waals surface area contributed by atoms with Gasteiger partial charge in [0.05, 0.1) is 11.9 Å². The monoisotopic (exact) mass is 519 g/mol. The number of sulfonamides is 1. The van der Waals surface area contributed by atoms with E-state index in [4.69, 9.17) is 34.8 Å². The van der Waals surface area contributed by atoms with Crippen LogP contribution in [0.4, 0.5) is 5.69 Å². The molecule has 2 rings (SSSR count). The highest BCUT2D eigenvalue weighted by Crippen LogP contribution is 2.27. The van der Waals surface area contributed by atoms with Gasteiger partial charge in [-0.25, -0.2) is 8.42 Å². The van der Waals surface area contributed by atoms with Crippen LogP contribution in [-0.2, 0) is 26.2 Å². The maximum absolute atomic E-state index is 13.3. The van der Waals surface area contributed by atoms with E-state index in [0.717, 1.165) is 10.6 Å². The van der Waals surface area contributed by atoms with Crippen LogP contribution >= 0.6 is 34.8 Å². The van der Waals surface area contributed by atoms with Gasteiger partial charge in [-0.05, 0) is 49.7 Å². The van der Waals surface area contributed by atoms with Crippen molar-refractivity contribution < 1.29 is 18.0 Å². The standard InChI is InChI=1S/C21H24Cl3N3O4S/c1-4-25-21(29)14(2)26(12-15-6-5-7-16(22)8-15)20(28)13-27(32(3,30)31)19-10-17(23)9-18(24)11-19/h5-11,14H,4,12-13H2,1-3H3,(H,25,29)/t14-/m1/s1. The lowest BCUT2D eigenvalue weighted by atomic mass is 10.1. The lowest BCUT2D eigenvalue weighted by molar-refractivity contribution is -0.139. The van der Waals surface area contributed by atoms with E-state index in [-0.39, 0.29) is 28.2 Å². The Morgan fingerprint density at radius 3 is 2.19 bits per heavy atom. The first kappa shape index (κ1) is 26.3. The highest BCUT2D eigenvalue weighted by molar-refractivity contribution is 7.92. The molecular formula is C21H24Cl3N3O4S. The molecule has 0 heterocycles. The van der Waals surface area contributed by atoms with Gasteiger partial charge < -0.3 is 10.2 Å². The van der Waals surface area contributed by atoms with Crippen molar-refractivity contribution in [3.63, 3.8) is 0 Å². The van der Waals surface area contributed by atoms with Gasteiger partial charge in [0.2, 0.25) is 21.8 Å². The zero-order chi connectivity index (χ0) is 24.1. The van der Waals surface area contributed by atoms with Gasteiger partial charge in [-0.1, -0.05) is 46.9 Å². The van der Waals surface area contributed by atoms with Crippen molar-refractivity contribution in [1.82, 2.24) is 10.2 Å². The number of amides is 2. The molecular weight excluding hydrogens is 497 g/mol. The number of carbonyl (C=O) groups excluding carboxylic acids is 2. The summed E-state index contributed by atoms with van der Waals surface area (Å²) < 4.78 is 25.9. The lowest BCUT2D eigenvalue weighted by Gasteiger charge is -2.31. The van der Waals surface area contributed by atoms with E-state index in [2.05, 4.69) is 5.32 Å². The predicted octanol–water partition coefficient (Wildman–Crippen LogP) is 3.97. The third-order valence-corrected chi connectivity index (χ3v) is 6.39. The fourth-order valence-electron chi connectivity index (χ4n) is 3.03. The fraction of sp³-hybridized carbons (Fsp3) is 0.333. The topological polar surface area (TPSA) is 86.8 Å². The number of halogens is 3. The molecule has 2 aromatic rings. The van der Waals surface area contributed by atoms with Crippen LogP contribution in [0.3, 0.4) is 0 Å². The largest absolute Gasteiger partial charge is 0.355 e. The third kappa shape index (κ3) is 7.27. The second-order valence-electron chi connectivity index (χ2n) is 7.12. The molecule has 7 nitrogen and oxygen atoms in total. The molecule has 0 radical (unpaired) electrons. The van der Waals surface area contributed by atoms with Crippen molar-refractivity contribution in [3.8, 4) is 0 Å². The molecule has 0 saturated carbocycles. The summed E-state index contributed by atoms with van der Waals surface area (Å²) in [6.07, 6.45) is 0.976. The average molecular weight is 521 g/mol. The van der Waals surface area contributed by atoms with Gasteiger partial charge in [0.25, 0.3) is 0 Å². The lowest BCUT2D eigenvalue weighted by Crippen LogP contribution is -2.51. The Morgan fingerprint density at radius 1 is 1.03 bits per heavy atom. The van der Waals surface area contributed by atoms with Gasteiger partial charge in [-0.15, -0.1) is 0 Å². The van der Waals surface area contributed by atoms with Crippen LogP contribution in [0.1, 0.15) is 19.4 Å². The van der Waals surface area contributed by atoms with Crippen LogP contribution in [0.25, 0.3) is 0 Å². The van der Waals surface area contributed by atoms with E-state index in [0.29, 0.717) is 17.1 Å². The van der Waals surface area contributed by atoms with Crippen molar-refractivity contribution in [2.45, 2.75) is 26.4 Å². The molecule has 174 valence electrons. The molecule has 32 heavy (non-hydrogen) atoms. The minimum atomic E-state index is -3.87. The second kappa shape index (κ2) is 11.2. The van der Waals surface area contributed by atoms with Gasteiger partial charge in [0, 0.05) is 28.2 Å². The Hall–Kier alpha value is -2.00. The summed E-state index contributed by atoms with van der Waals surface area (Å²) in [7, 11) is -3.87. The summed E-state index contributed by atoms with van der Waals surface area (Å²) in [5.41, 5.74) is 0.838. The maximum Gasteiger partial charge on any atom is 0.244 e. The zero-order valence-corrected chi connectivity index (χ0v) is 20.9. The highest BCUT2D eigenvalue weighted by atomic mass is 35.5. The van der Waals surface area contributed by atoms with Crippen molar-refractivity contribution in [1.29, 1.82) is 0 Å². The molecule has 0 fully saturated rings. The first-order chi connectivity index (χ1) is 14.9. The van der Waals surface area contributed by atoms with Gasteiger partial charge in [-0.3, -0.25) is 13.9 Å². The Bertz CT molecular complexity index is 1080. The molecule has 0 bridgehead atoms. The van der Waals surface area contributed by atoms with Crippen LogP contribution in [0, 0.1) is 0 Å². The van der Waals surface area contributed by atoms with Crippen molar-refractivity contribution >= 4 is 62.3 Å². The number of nitrogens with one attached hydrogen (secondary N) is 1. The number of hydrogen-bond acceptors (Lipinski definition) is 4. The number of rotatable bonds is 9. The minimum absolute atomic E-state index is 0.0611.